The van der Waals surface area contributed by atoms with Crippen LogP contribution in [-0.4, -0.2) is 41.8 Å². The monoisotopic (exact) mass is 254 g/mol. The average Bonchev–Trinajstić information content (AvgIpc) is 2.35. The summed E-state index contributed by atoms with van der Waals surface area (Å²) in [5.41, 5.74) is 0.00629. The third-order valence-electron chi connectivity index (χ3n) is 2.41. The second-order valence-corrected chi connectivity index (χ2v) is 3.85. The van der Waals surface area contributed by atoms with Crippen molar-refractivity contribution < 1.29 is 10.0 Å². The van der Waals surface area contributed by atoms with Crippen LogP contribution in [0.5, 0.6) is 0 Å². The van der Waals surface area contributed by atoms with E-state index in [0.717, 1.165) is 0 Å². The molecule has 100 valence electrons. The summed E-state index contributed by atoms with van der Waals surface area (Å²) >= 11 is 0. The van der Waals surface area contributed by atoms with Gasteiger partial charge in [-0.3, -0.25) is 10.1 Å². The zero-order valence-corrected chi connectivity index (χ0v) is 10.6. The minimum absolute atomic E-state index is 0.00629. The number of hydrogen-bond donors (Lipinski definition) is 2. The second-order valence-electron chi connectivity index (χ2n) is 3.85. The SMILES string of the molecule is CCNc1cc([N+](=O)[O-])cc(N(C)CCCO)n1. The van der Waals surface area contributed by atoms with E-state index in [1.807, 2.05) is 6.92 Å². The molecule has 0 saturated heterocycles. The summed E-state index contributed by atoms with van der Waals surface area (Å²) < 4.78 is 0. The van der Waals surface area contributed by atoms with Crippen LogP contribution in [0.25, 0.3) is 0 Å². The molecule has 0 fully saturated rings. The van der Waals surface area contributed by atoms with Crippen LogP contribution in [0.2, 0.25) is 0 Å². The fourth-order valence-corrected chi connectivity index (χ4v) is 1.50. The standard InChI is InChI=1S/C11H18N4O3/c1-3-12-10-7-9(15(17)18)8-11(13-10)14(2)5-4-6-16/h7-8,16H,3-6H2,1-2H3,(H,12,13). The van der Waals surface area contributed by atoms with Crippen molar-refractivity contribution in [1.29, 1.82) is 0 Å². The third-order valence-corrected chi connectivity index (χ3v) is 2.41. The van der Waals surface area contributed by atoms with Gasteiger partial charge in [-0.1, -0.05) is 0 Å². The Morgan fingerprint density at radius 2 is 2.28 bits per heavy atom. The van der Waals surface area contributed by atoms with E-state index >= 15 is 0 Å². The molecule has 1 heterocycles. The summed E-state index contributed by atoms with van der Waals surface area (Å²) in [6.07, 6.45) is 0.595. The lowest BCUT2D eigenvalue weighted by molar-refractivity contribution is -0.384. The number of aliphatic hydroxyl groups is 1. The number of nitrogens with one attached hydrogen (secondary N) is 1. The molecule has 0 radical (unpaired) electrons. The van der Waals surface area contributed by atoms with Crippen molar-refractivity contribution in [3.05, 3.63) is 22.2 Å². The summed E-state index contributed by atoms with van der Waals surface area (Å²) in [7, 11) is 1.79. The van der Waals surface area contributed by atoms with Crippen molar-refractivity contribution in [2.45, 2.75) is 13.3 Å². The van der Waals surface area contributed by atoms with E-state index in [0.29, 0.717) is 31.1 Å². The van der Waals surface area contributed by atoms with Gasteiger partial charge in [0.25, 0.3) is 5.69 Å². The zero-order chi connectivity index (χ0) is 13.5. The molecular formula is C11H18N4O3. The van der Waals surface area contributed by atoms with Crippen molar-refractivity contribution in [2.24, 2.45) is 0 Å². The Labute approximate surface area is 106 Å². The van der Waals surface area contributed by atoms with Gasteiger partial charge < -0.3 is 15.3 Å². The van der Waals surface area contributed by atoms with Crippen LogP contribution in [0.1, 0.15) is 13.3 Å². The molecule has 1 rings (SSSR count). The molecule has 18 heavy (non-hydrogen) atoms. The minimum atomic E-state index is -0.439. The molecule has 0 aliphatic heterocycles. The Hall–Kier alpha value is -1.89. The van der Waals surface area contributed by atoms with Crippen molar-refractivity contribution >= 4 is 17.3 Å². The highest BCUT2D eigenvalue weighted by Gasteiger charge is 2.13. The summed E-state index contributed by atoms with van der Waals surface area (Å²) in [6, 6.07) is 2.84. The first-order valence-electron chi connectivity index (χ1n) is 5.80. The third kappa shape index (κ3) is 3.85. The predicted molar refractivity (Wildman–Crippen MR) is 70.0 cm³/mol. The van der Waals surface area contributed by atoms with E-state index in [4.69, 9.17) is 5.11 Å². The van der Waals surface area contributed by atoms with Gasteiger partial charge in [0, 0.05) is 26.7 Å². The van der Waals surface area contributed by atoms with Gasteiger partial charge in [0.2, 0.25) is 0 Å². The van der Waals surface area contributed by atoms with Gasteiger partial charge in [-0.2, -0.15) is 0 Å². The summed E-state index contributed by atoms with van der Waals surface area (Å²) in [5.74, 6) is 1.01. The Kier molecular flexibility index (Phi) is 5.31. The van der Waals surface area contributed by atoms with Gasteiger partial charge >= 0.3 is 0 Å². The molecule has 0 aromatic carbocycles. The lowest BCUT2D eigenvalue weighted by Crippen LogP contribution is -2.21. The number of hydrogen-bond acceptors (Lipinski definition) is 6. The van der Waals surface area contributed by atoms with Gasteiger partial charge in [0.05, 0.1) is 17.1 Å². The number of anilines is 2. The summed E-state index contributed by atoms with van der Waals surface area (Å²) in [4.78, 5) is 16.5. The Morgan fingerprint density at radius 3 is 2.83 bits per heavy atom. The van der Waals surface area contributed by atoms with Crippen LogP contribution in [0.4, 0.5) is 17.3 Å². The molecule has 0 amide bonds. The van der Waals surface area contributed by atoms with Crippen LogP contribution >= 0.6 is 0 Å². The predicted octanol–water partition coefficient (Wildman–Crippen LogP) is 1.24. The molecule has 0 bridgehead atoms. The van der Waals surface area contributed by atoms with E-state index in [1.54, 1.807) is 11.9 Å². The van der Waals surface area contributed by atoms with Crippen molar-refractivity contribution in [3.63, 3.8) is 0 Å². The maximum atomic E-state index is 10.8. The van der Waals surface area contributed by atoms with Gasteiger partial charge in [-0.15, -0.1) is 0 Å². The molecule has 7 heteroatoms. The van der Waals surface area contributed by atoms with Gasteiger partial charge in [-0.25, -0.2) is 4.98 Å². The van der Waals surface area contributed by atoms with Gasteiger partial charge in [0.1, 0.15) is 11.6 Å². The molecule has 0 aliphatic carbocycles. The maximum Gasteiger partial charge on any atom is 0.276 e. The first-order valence-corrected chi connectivity index (χ1v) is 5.80. The molecular weight excluding hydrogens is 236 g/mol. The zero-order valence-electron chi connectivity index (χ0n) is 10.6. The second kappa shape index (κ2) is 6.75. The lowest BCUT2D eigenvalue weighted by Gasteiger charge is -2.18. The molecule has 1 aromatic heterocycles. The van der Waals surface area contributed by atoms with Crippen molar-refractivity contribution in [1.82, 2.24) is 4.98 Å². The molecule has 2 N–H and O–H groups in total. The molecule has 0 unspecified atom stereocenters. The smallest absolute Gasteiger partial charge is 0.276 e. The van der Waals surface area contributed by atoms with Crippen LogP contribution in [0, 0.1) is 10.1 Å². The van der Waals surface area contributed by atoms with E-state index < -0.39 is 4.92 Å². The first kappa shape index (κ1) is 14.2. The van der Waals surface area contributed by atoms with Crippen molar-refractivity contribution in [3.8, 4) is 0 Å². The minimum Gasteiger partial charge on any atom is -0.396 e. The number of aliphatic hydroxyl groups excluding tert-OH is 1. The average molecular weight is 254 g/mol. The molecule has 0 atom stereocenters. The van der Waals surface area contributed by atoms with Gasteiger partial charge in [-0.05, 0) is 13.3 Å². The highest BCUT2D eigenvalue weighted by atomic mass is 16.6. The number of nitrogens with zero attached hydrogens (tertiary/aromatic N) is 3. The Morgan fingerprint density at radius 1 is 1.56 bits per heavy atom. The molecule has 0 aliphatic rings. The van der Waals surface area contributed by atoms with E-state index in [1.165, 1.54) is 12.1 Å². The summed E-state index contributed by atoms with van der Waals surface area (Å²) in [5, 5.41) is 22.6. The largest absolute Gasteiger partial charge is 0.396 e. The Balaban J connectivity index is 2.98. The fourth-order valence-electron chi connectivity index (χ4n) is 1.50. The number of rotatable bonds is 7. The molecule has 0 spiro atoms. The van der Waals surface area contributed by atoms with E-state index in [2.05, 4.69) is 10.3 Å². The quantitative estimate of drug-likeness (QED) is 0.562. The Bertz CT molecular complexity index is 411. The molecule has 1 aromatic rings. The number of aromatic nitrogens is 1. The van der Waals surface area contributed by atoms with Crippen LogP contribution < -0.4 is 10.2 Å². The molecule has 0 saturated carbocycles. The van der Waals surface area contributed by atoms with Gasteiger partial charge in [0.15, 0.2) is 0 Å². The first-order chi connectivity index (χ1) is 8.58. The normalized spacial score (nSPS) is 10.2. The van der Waals surface area contributed by atoms with E-state index in [9.17, 15) is 10.1 Å². The molecule has 7 nitrogen and oxygen atoms in total. The number of nitro groups is 1. The van der Waals surface area contributed by atoms with Crippen molar-refractivity contribution in [2.75, 3.05) is 37.0 Å². The van der Waals surface area contributed by atoms with Crippen LogP contribution in [0.15, 0.2) is 12.1 Å². The maximum absolute atomic E-state index is 10.8. The fraction of sp³-hybridized carbons (Fsp3) is 0.545. The highest BCUT2D eigenvalue weighted by molar-refractivity contribution is 5.55. The highest BCUT2D eigenvalue weighted by Crippen LogP contribution is 2.22. The lowest BCUT2D eigenvalue weighted by atomic mass is 10.3. The number of pyridine rings is 1. The topological polar surface area (TPSA) is 91.5 Å². The van der Waals surface area contributed by atoms with Crippen LogP contribution in [-0.2, 0) is 0 Å². The summed E-state index contributed by atoms with van der Waals surface area (Å²) in [6.45, 7) is 3.22. The van der Waals surface area contributed by atoms with Crippen LogP contribution in [0.3, 0.4) is 0 Å². The van der Waals surface area contributed by atoms with E-state index in [-0.39, 0.29) is 12.3 Å².